The minimum absolute atomic E-state index is 0.457. The van der Waals surface area contributed by atoms with Crippen LogP contribution in [0, 0.1) is 34.5 Å². The molecule has 0 amide bonds. The number of rotatable bonds is 0. The monoisotopic (exact) mass is 292 g/mol. The summed E-state index contributed by atoms with van der Waals surface area (Å²) in [7, 11) is 0. The first-order valence-corrected chi connectivity index (χ1v) is 9.53. The van der Waals surface area contributed by atoms with Gasteiger partial charge in [0.1, 0.15) is 5.67 Å². The van der Waals surface area contributed by atoms with E-state index in [1.165, 1.54) is 44.9 Å². The third-order valence-corrected chi connectivity index (χ3v) is 8.70. The molecule has 0 aromatic rings. The van der Waals surface area contributed by atoms with Crippen molar-refractivity contribution in [1.29, 1.82) is 0 Å². The van der Waals surface area contributed by atoms with Crippen molar-refractivity contribution >= 4 is 0 Å². The smallest absolute Gasteiger partial charge is 0.108 e. The molecular formula is C20H33F. The lowest BCUT2D eigenvalue weighted by atomic mass is 9.44. The highest BCUT2D eigenvalue weighted by Crippen LogP contribution is 2.67. The summed E-state index contributed by atoms with van der Waals surface area (Å²) >= 11 is 0. The number of halogens is 1. The van der Waals surface area contributed by atoms with Crippen LogP contribution in [0.1, 0.15) is 85.0 Å². The van der Waals surface area contributed by atoms with Gasteiger partial charge in [-0.3, -0.25) is 0 Å². The van der Waals surface area contributed by atoms with Crippen molar-refractivity contribution in [3.05, 3.63) is 0 Å². The van der Waals surface area contributed by atoms with E-state index in [1.807, 2.05) is 6.92 Å². The van der Waals surface area contributed by atoms with Crippen LogP contribution >= 0.6 is 0 Å². The van der Waals surface area contributed by atoms with Gasteiger partial charge in [0.15, 0.2) is 0 Å². The van der Waals surface area contributed by atoms with Crippen LogP contribution in [0.15, 0.2) is 0 Å². The van der Waals surface area contributed by atoms with Crippen LogP contribution in [0.2, 0.25) is 0 Å². The summed E-state index contributed by atoms with van der Waals surface area (Å²) in [6.07, 6.45) is 12.8. The SMILES string of the molecule is CC1(F)CCC2(C)[C@@H](CCC3[C@@H]4CCCC4(C)CC[C@@H]32)C1. The first kappa shape index (κ1) is 14.5. The molecule has 1 heteroatoms. The van der Waals surface area contributed by atoms with Crippen LogP contribution in [0.25, 0.3) is 0 Å². The molecule has 7 atom stereocenters. The Hall–Kier alpha value is -0.0700. The molecule has 4 fully saturated rings. The van der Waals surface area contributed by atoms with E-state index in [0.717, 1.165) is 37.0 Å². The average molecular weight is 292 g/mol. The maximum atomic E-state index is 14.5. The molecule has 4 aliphatic rings. The summed E-state index contributed by atoms with van der Waals surface area (Å²) in [6.45, 7) is 6.98. The molecule has 0 aliphatic heterocycles. The molecule has 0 bridgehead atoms. The molecule has 0 aromatic heterocycles. The fourth-order valence-electron chi connectivity index (χ4n) is 7.40. The molecule has 0 nitrogen and oxygen atoms in total. The lowest BCUT2D eigenvalue weighted by Gasteiger charge is -2.61. The van der Waals surface area contributed by atoms with Crippen LogP contribution in [0.3, 0.4) is 0 Å². The second-order valence-corrected chi connectivity index (χ2v) is 9.86. The fourth-order valence-corrected chi connectivity index (χ4v) is 7.40. The zero-order valence-electron chi connectivity index (χ0n) is 14.3. The Morgan fingerprint density at radius 3 is 2.43 bits per heavy atom. The van der Waals surface area contributed by atoms with Gasteiger partial charge in [-0.2, -0.15) is 0 Å². The lowest BCUT2D eigenvalue weighted by Crippen LogP contribution is -2.54. The van der Waals surface area contributed by atoms with E-state index < -0.39 is 5.67 Å². The van der Waals surface area contributed by atoms with Gasteiger partial charge in [0.25, 0.3) is 0 Å². The summed E-state index contributed by atoms with van der Waals surface area (Å²) in [6, 6.07) is 0. The predicted octanol–water partition coefficient (Wildman–Crippen LogP) is 6.15. The van der Waals surface area contributed by atoms with Crippen molar-refractivity contribution in [2.45, 2.75) is 90.6 Å². The van der Waals surface area contributed by atoms with Crippen molar-refractivity contribution in [3.8, 4) is 0 Å². The molecular weight excluding hydrogens is 259 g/mol. The van der Waals surface area contributed by atoms with Crippen LogP contribution < -0.4 is 0 Å². The maximum absolute atomic E-state index is 14.5. The van der Waals surface area contributed by atoms with Gasteiger partial charge in [-0.1, -0.05) is 20.3 Å². The summed E-state index contributed by atoms with van der Waals surface area (Å²) in [4.78, 5) is 0. The van der Waals surface area contributed by atoms with E-state index >= 15 is 0 Å². The summed E-state index contributed by atoms with van der Waals surface area (Å²) in [5.41, 5.74) is 0.236. The molecule has 4 rings (SSSR count). The van der Waals surface area contributed by atoms with Crippen LogP contribution in [0.4, 0.5) is 4.39 Å². The normalized spacial score (nSPS) is 60.0. The quantitative estimate of drug-likeness (QED) is 0.502. The third-order valence-electron chi connectivity index (χ3n) is 8.70. The van der Waals surface area contributed by atoms with E-state index in [1.54, 1.807) is 0 Å². The van der Waals surface area contributed by atoms with E-state index in [2.05, 4.69) is 13.8 Å². The molecule has 0 spiro atoms. The van der Waals surface area contributed by atoms with Gasteiger partial charge in [0.05, 0.1) is 0 Å². The third kappa shape index (κ3) is 2.05. The summed E-state index contributed by atoms with van der Waals surface area (Å²) < 4.78 is 14.5. The van der Waals surface area contributed by atoms with Gasteiger partial charge in [-0.25, -0.2) is 4.39 Å². The number of alkyl halides is 1. The first-order valence-electron chi connectivity index (χ1n) is 9.53. The highest BCUT2D eigenvalue weighted by atomic mass is 19.1. The molecule has 0 aromatic carbocycles. The van der Waals surface area contributed by atoms with Gasteiger partial charge in [-0.15, -0.1) is 0 Å². The molecule has 0 saturated heterocycles. The number of fused-ring (bicyclic) bond motifs is 5. The van der Waals surface area contributed by atoms with Crippen LogP contribution in [-0.4, -0.2) is 5.67 Å². The van der Waals surface area contributed by atoms with Crippen LogP contribution in [-0.2, 0) is 0 Å². The zero-order valence-corrected chi connectivity index (χ0v) is 14.3. The van der Waals surface area contributed by atoms with Gasteiger partial charge >= 0.3 is 0 Å². The Balaban J connectivity index is 1.62. The molecule has 4 unspecified atom stereocenters. The van der Waals surface area contributed by atoms with Gasteiger partial charge < -0.3 is 0 Å². The Labute approximate surface area is 130 Å². The second kappa shape index (κ2) is 4.48. The van der Waals surface area contributed by atoms with E-state index in [9.17, 15) is 4.39 Å². The fraction of sp³-hybridized carbons (Fsp3) is 1.00. The van der Waals surface area contributed by atoms with Gasteiger partial charge in [0.2, 0.25) is 0 Å². The first-order chi connectivity index (χ1) is 9.84. The Morgan fingerprint density at radius 1 is 0.810 bits per heavy atom. The minimum atomic E-state index is -0.881. The highest BCUT2D eigenvalue weighted by Gasteiger charge is 2.58. The van der Waals surface area contributed by atoms with Crippen molar-refractivity contribution in [1.82, 2.24) is 0 Å². The van der Waals surface area contributed by atoms with Crippen LogP contribution in [0.5, 0.6) is 0 Å². The second-order valence-electron chi connectivity index (χ2n) is 9.86. The predicted molar refractivity (Wildman–Crippen MR) is 85.9 cm³/mol. The van der Waals surface area contributed by atoms with Crippen molar-refractivity contribution in [2.75, 3.05) is 0 Å². The highest BCUT2D eigenvalue weighted by molar-refractivity contribution is 5.08. The Morgan fingerprint density at radius 2 is 1.62 bits per heavy atom. The summed E-state index contributed by atoms with van der Waals surface area (Å²) in [5, 5.41) is 0. The van der Waals surface area contributed by atoms with Gasteiger partial charge in [-0.05, 0) is 99.2 Å². The molecule has 0 heterocycles. The molecule has 120 valence electrons. The molecule has 21 heavy (non-hydrogen) atoms. The number of hydrogen-bond donors (Lipinski definition) is 0. The van der Waals surface area contributed by atoms with E-state index in [0.29, 0.717) is 16.7 Å². The average Bonchev–Trinajstić information content (AvgIpc) is 2.81. The topological polar surface area (TPSA) is 0 Å². The number of hydrogen-bond acceptors (Lipinski definition) is 0. The van der Waals surface area contributed by atoms with E-state index in [4.69, 9.17) is 0 Å². The standard InChI is InChI=1S/C20H33F/c1-18-9-4-5-16(18)15-7-6-14-13-19(2,21)11-12-20(14,3)17(15)8-10-18/h14-17H,4-13H2,1-3H3/t14-,15?,16-,17-,18?,19?,20?/m0/s1. The zero-order chi connectivity index (χ0) is 14.9. The molecule has 0 radical (unpaired) electrons. The Kier molecular flexibility index (Phi) is 3.10. The Bertz CT molecular complexity index is 428. The molecule has 0 N–H and O–H groups in total. The minimum Gasteiger partial charge on any atom is -0.244 e. The largest absolute Gasteiger partial charge is 0.244 e. The molecule has 4 aliphatic carbocycles. The summed E-state index contributed by atoms with van der Waals surface area (Å²) in [5.74, 6) is 3.53. The molecule has 4 saturated carbocycles. The van der Waals surface area contributed by atoms with Crippen molar-refractivity contribution in [2.24, 2.45) is 34.5 Å². The van der Waals surface area contributed by atoms with Crippen molar-refractivity contribution in [3.63, 3.8) is 0 Å². The van der Waals surface area contributed by atoms with E-state index in [-0.39, 0.29) is 0 Å². The van der Waals surface area contributed by atoms with Crippen molar-refractivity contribution < 1.29 is 4.39 Å². The van der Waals surface area contributed by atoms with Gasteiger partial charge in [0, 0.05) is 0 Å². The lowest BCUT2D eigenvalue weighted by molar-refractivity contribution is -0.126. The maximum Gasteiger partial charge on any atom is 0.108 e.